The first-order valence-electron chi connectivity index (χ1n) is 9.35. The van der Waals surface area contributed by atoms with E-state index in [9.17, 15) is 0 Å². The summed E-state index contributed by atoms with van der Waals surface area (Å²) in [5.74, 6) is 1.80. The van der Waals surface area contributed by atoms with E-state index in [4.69, 9.17) is 0 Å². The van der Waals surface area contributed by atoms with E-state index in [1.54, 1.807) is 0 Å². The predicted octanol–water partition coefficient (Wildman–Crippen LogP) is 3.27. The molecule has 1 aromatic heterocycles. The fourth-order valence-corrected chi connectivity index (χ4v) is 4.38. The molecule has 24 heavy (non-hydrogen) atoms. The highest BCUT2D eigenvalue weighted by Crippen LogP contribution is 2.19. The van der Waals surface area contributed by atoms with E-state index in [0.717, 1.165) is 24.8 Å². The Balaban J connectivity index is 1.65. The third-order valence-corrected chi connectivity index (χ3v) is 5.93. The smallest absolute Gasteiger partial charge is 0.191 e. The number of hydrogen-bond acceptors (Lipinski definition) is 3. The minimum Gasteiger partial charge on any atom is -0.356 e. The van der Waals surface area contributed by atoms with Gasteiger partial charge < -0.3 is 15.5 Å². The number of hydrogen-bond donors (Lipinski definition) is 2. The lowest BCUT2D eigenvalue weighted by molar-refractivity contribution is 0.187. The van der Waals surface area contributed by atoms with Gasteiger partial charge in [0.1, 0.15) is 0 Å². The SMILES string of the molecule is CCN1CCC(CCNC(=NC)NC(C)Cc2ccc(C)s2)CC1. The molecule has 0 aromatic carbocycles. The molecule has 2 rings (SSSR count). The molecule has 0 bridgehead atoms. The van der Waals surface area contributed by atoms with Crippen molar-refractivity contribution in [2.45, 2.75) is 52.5 Å². The normalized spacial score (nSPS) is 18.6. The third-order valence-electron chi connectivity index (χ3n) is 4.91. The van der Waals surface area contributed by atoms with Gasteiger partial charge >= 0.3 is 0 Å². The summed E-state index contributed by atoms with van der Waals surface area (Å²) in [5.41, 5.74) is 0. The maximum Gasteiger partial charge on any atom is 0.191 e. The highest BCUT2D eigenvalue weighted by Gasteiger charge is 2.17. The van der Waals surface area contributed by atoms with Crippen molar-refractivity contribution in [2.75, 3.05) is 33.2 Å². The summed E-state index contributed by atoms with van der Waals surface area (Å²) in [6.45, 7) is 11.4. The Morgan fingerprint density at radius 1 is 1.38 bits per heavy atom. The summed E-state index contributed by atoms with van der Waals surface area (Å²) < 4.78 is 0. The molecular weight excluding hydrogens is 316 g/mol. The standard InChI is InChI=1S/C19H34N4S/c1-5-23-12-9-17(10-13-23)8-11-21-19(20-4)22-15(2)14-18-7-6-16(3)24-18/h6-7,15,17H,5,8-14H2,1-4H3,(H2,20,21,22). The van der Waals surface area contributed by atoms with Gasteiger partial charge in [-0.15, -0.1) is 11.3 Å². The molecule has 5 heteroatoms. The van der Waals surface area contributed by atoms with E-state index in [1.165, 1.54) is 48.7 Å². The second-order valence-corrected chi connectivity index (χ2v) is 8.30. The van der Waals surface area contributed by atoms with E-state index in [2.05, 4.69) is 53.4 Å². The van der Waals surface area contributed by atoms with Crippen LogP contribution >= 0.6 is 11.3 Å². The van der Waals surface area contributed by atoms with Crippen LogP contribution < -0.4 is 10.6 Å². The largest absolute Gasteiger partial charge is 0.356 e. The van der Waals surface area contributed by atoms with Crippen LogP contribution in [0.2, 0.25) is 0 Å². The van der Waals surface area contributed by atoms with E-state index < -0.39 is 0 Å². The Hall–Kier alpha value is -1.07. The Labute approximate surface area is 151 Å². The molecule has 1 aliphatic heterocycles. The van der Waals surface area contributed by atoms with Crippen LogP contribution in [0.4, 0.5) is 0 Å². The van der Waals surface area contributed by atoms with Gasteiger partial charge in [-0.2, -0.15) is 0 Å². The van der Waals surface area contributed by atoms with Crippen molar-refractivity contribution in [3.05, 3.63) is 21.9 Å². The zero-order valence-electron chi connectivity index (χ0n) is 15.8. The molecule has 0 aliphatic carbocycles. The second kappa shape index (κ2) is 10.0. The minimum atomic E-state index is 0.391. The number of aryl methyl sites for hydroxylation is 1. The predicted molar refractivity (Wildman–Crippen MR) is 106 cm³/mol. The Morgan fingerprint density at radius 2 is 2.12 bits per heavy atom. The molecule has 0 radical (unpaired) electrons. The highest BCUT2D eigenvalue weighted by molar-refractivity contribution is 7.11. The number of aliphatic imine (C=N–C) groups is 1. The number of guanidine groups is 1. The van der Waals surface area contributed by atoms with Crippen LogP contribution in [0, 0.1) is 12.8 Å². The minimum absolute atomic E-state index is 0.391. The Bertz CT molecular complexity index is 503. The molecular formula is C19H34N4S. The second-order valence-electron chi connectivity index (χ2n) is 6.93. The summed E-state index contributed by atoms with van der Waals surface area (Å²) in [6.07, 6.45) is 4.98. The van der Waals surface area contributed by atoms with E-state index >= 15 is 0 Å². The van der Waals surface area contributed by atoms with Crippen LogP contribution in [-0.2, 0) is 6.42 Å². The molecule has 2 N–H and O–H groups in total. The van der Waals surface area contributed by atoms with Gasteiger partial charge in [-0.25, -0.2) is 0 Å². The van der Waals surface area contributed by atoms with Gasteiger partial charge in [0.05, 0.1) is 0 Å². The molecule has 1 saturated heterocycles. The van der Waals surface area contributed by atoms with E-state index in [-0.39, 0.29) is 0 Å². The Kier molecular flexibility index (Phi) is 8.06. The van der Waals surface area contributed by atoms with Crippen LogP contribution in [0.1, 0.15) is 42.9 Å². The van der Waals surface area contributed by atoms with Crippen LogP contribution in [0.25, 0.3) is 0 Å². The summed E-state index contributed by atoms with van der Waals surface area (Å²) in [6, 6.07) is 4.82. The first-order chi connectivity index (χ1) is 11.6. The van der Waals surface area contributed by atoms with Gasteiger partial charge in [-0.1, -0.05) is 6.92 Å². The van der Waals surface area contributed by atoms with Crippen molar-refractivity contribution < 1.29 is 0 Å². The van der Waals surface area contributed by atoms with Crippen LogP contribution in [0.5, 0.6) is 0 Å². The number of rotatable bonds is 7. The number of nitrogens with one attached hydrogen (secondary N) is 2. The number of piperidine rings is 1. The maximum atomic E-state index is 4.37. The lowest BCUT2D eigenvalue weighted by Crippen LogP contribution is -2.44. The molecule has 1 aromatic rings. The number of likely N-dealkylation sites (tertiary alicyclic amines) is 1. The van der Waals surface area contributed by atoms with Crippen molar-refractivity contribution in [3.8, 4) is 0 Å². The molecule has 0 spiro atoms. The molecule has 1 atom stereocenters. The van der Waals surface area contributed by atoms with Crippen molar-refractivity contribution in [3.63, 3.8) is 0 Å². The molecule has 2 heterocycles. The molecule has 0 saturated carbocycles. The Morgan fingerprint density at radius 3 is 2.71 bits per heavy atom. The van der Waals surface area contributed by atoms with Gasteiger partial charge in [0, 0.05) is 35.8 Å². The van der Waals surface area contributed by atoms with E-state index in [0.29, 0.717) is 6.04 Å². The summed E-state index contributed by atoms with van der Waals surface area (Å²) in [5, 5.41) is 7.01. The summed E-state index contributed by atoms with van der Waals surface area (Å²) in [7, 11) is 1.86. The molecule has 0 amide bonds. The first-order valence-corrected chi connectivity index (χ1v) is 10.2. The van der Waals surface area contributed by atoms with Gasteiger partial charge in [0.15, 0.2) is 5.96 Å². The number of thiophene rings is 1. The van der Waals surface area contributed by atoms with Gasteiger partial charge in [-0.3, -0.25) is 4.99 Å². The highest BCUT2D eigenvalue weighted by atomic mass is 32.1. The van der Waals surface area contributed by atoms with Crippen LogP contribution in [0.15, 0.2) is 17.1 Å². The quantitative estimate of drug-likeness (QED) is 0.586. The van der Waals surface area contributed by atoms with Crippen molar-refractivity contribution >= 4 is 17.3 Å². The molecule has 4 nitrogen and oxygen atoms in total. The number of nitrogens with zero attached hydrogens (tertiary/aromatic N) is 2. The molecule has 1 unspecified atom stereocenters. The lowest BCUT2D eigenvalue weighted by atomic mass is 9.93. The van der Waals surface area contributed by atoms with Gasteiger partial charge in [0.2, 0.25) is 0 Å². The monoisotopic (exact) mass is 350 g/mol. The first kappa shape index (κ1) is 19.3. The van der Waals surface area contributed by atoms with Crippen molar-refractivity contribution in [1.82, 2.24) is 15.5 Å². The van der Waals surface area contributed by atoms with Crippen LogP contribution in [0.3, 0.4) is 0 Å². The summed E-state index contributed by atoms with van der Waals surface area (Å²) >= 11 is 1.89. The zero-order chi connectivity index (χ0) is 17.4. The van der Waals surface area contributed by atoms with Crippen LogP contribution in [-0.4, -0.2) is 50.1 Å². The zero-order valence-corrected chi connectivity index (χ0v) is 16.6. The van der Waals surface area contributed by atoms with Gasteiger partial charge in [-0.05, 0) is 70.8 Å². The maximum absolute atomic E-state index is 4.37. The lowest BCUT2D eigenvalue weighted by Gasteiger charge is -2.31. The third kappa shape index (κ3) is 6.44. The summed E-state index contributed by atoms with van der Waals surface area (Å²) in [4.78, 5) is 9.75. The van der Waals surface area contributed by atoms with Crippen molar-refractivity contribution in [2.24, 2.45) is 10.9 Å². The topological polar surface area (TPSA) is 39.7 Å². The average molecular weight is 351 g/mol. The molecule has 1 fully saturated rings. The van der Waals surface area contributed by atoms with Gasteiger partial charge in [0.25, 0.3) is 0 Å². The van der Waals surface area contributed by atoms with E-state index in [1.807, 2.05) is 18.4 Å². The molecule has 136 valence electrons. The fraction of sp³-hybridized carbons (Fsp3) is 0.737. The molecule has 1 aliphatic rings. The fourth-order valence-electron chi connectivity index (χ4n) is 3.36. The van der Waals surface area contributed by atoms with Crippen molar-refractivity contribution in [1.29, 1.82) is 0 Å². The average Bonchev–Trinajstić information content (AvgIpc) is 2.99.